The van der Waals surface area contributed by atoms with Crippen molar-refractivity contribution < 1.29 is 19.1 Å². The molecule has 174 valence electrons. The standard InChI is InChI=1S/C22H22ClN3O4S3/c1-3-30-21(29)19-13-5-4-6-15(13)32-20(19)24-17(27)10-31-11-18(28)25-22-26(2)14-8-7-12(23)9-16(14)33-22/h7-9H,3-6,10-11H2,1-2H3,(H,24,27). The van der Waals surface area contributed by atoms with Gasteiger partial charge in [-0.25, -0.2) is 4.79 Å². The summed E-state index contributed by atoms with van der Waals surface area (Å²) >= 11 is 10.1. The molecule has 0 unspecified atom stereocenters. The highest BCUT2D eigenvalue weighted by Gasteiger charge is 2.28. The van der Waals surface area contributed by atoms with Crippen molar-refractivity contribution in [3.63, 3.8) is 0 Å². The zero-order valence-electron chi connectivity index (χ0n) is 18.1. The summed E-state index contributed by atoms with van der Waals surface area (Å²) < 4.78 is 7.98. The summed E-state index contributed by atoms with van der Waals surface area (Å²) in [6.45, 7) is 2.04. The summed E-state index contributed by atoms with van der Waals surface area (Å²) in [5.41, 5.74) is 2.42. The highest BCUT2D eigenvalue weighted by molar-refractivity contribution is 8.00. The molecule has 0 aliphatic heterocycles. The third-order valence-corrected chi connectivity index (χ3v) is 8.56. The van der Waals surface area contributed by atoms with Crippen LogP contribution in [0.5, 0.6) is 0 Å². The molecule has 2 heterocycles. The number of nitrogens with one attached hydrogen (secondary N) is 1. The molecule has 0 spiro atoms. The molecule has 0 bridgehead atoms. The fourth-order valence-electron chi connectivity index (χ4n) is 3.66. The summed E-state index contributed by atoms with van der Waals surface area (Å²) in [4.78, 5) is 43.1. The molecule has 0 saturated carbocycles. The third kappa shape index (κ3) is 5.34. The van der Waals surface area contributed by atoms with E-state index in [1.54, 1.807) is 13.0 Å². The Balaban J connectivity index is 1.37. The minimum atomic E-state index is -0.397. The van der Waals surface area contributed by atoms with Gasteiger partial charge in [0.05, 0.1) is 33.9 Å². The number of hydrogen-bond acceptors (Lipinski definition) is 7. The first-order valence-corrected chi connectivity index (χ1v) is 13.6. The van der Waals surface area contributed by atoms with E-state index in [1.807, 2.05) is 23.7 Å². The van der Waals surface area contributed by atoms with E-state index in [0.717, 1.165) is 39.9 Å². The lowest BCUT2D eigenvalue weighted by Crippen LogP contribution is -2.18. The molecule has 33 heavy (non-hydrogen) atoms. The lowest BCUT2D eigenvalue weighted by Gasteiger charge is -2.07. The largest absolute Gasteiger partial charge is 0.462 e. The number of esters is 1. The van der Waals surface area contributed by atoms with Crippen LogP contribution in [0.1, 0.15) is 34.1 Å². The van der Waals surface area contributed by atoms with Gasteiger partial charge in [0, 0.05) is 16.9 Å². The maximum Gasteiger partial charge on any atom is 0.341 e. The van der Waals surface area contributed by atoms with Crippen molar-refractivity contribution in [3.05, 3.63) is 44.0 Å². The Labute approximate surface area is 207 Å². The van der Waals surface area contributed by atoms with Crippen LogP contribution in [0, 0.1) is 0 Å². The van der Waals surface area contributed by atoms with E-state index in [2.05, 4.69) is 10.3 Å². The fraction of sp³-hybridized carbons (Fsp3) is 0.364. The van der Waals surface area contributed by atoms with Crippen LogP contribution in [0.25, 0.3) is 10.2 Å². The summed E-state index contributed by atoms with van der Waals surface area (Å²) in [5.74, 6) is -0.816. The van der Waals surface area contributed by atoms with E-state index in [0.29, 0.717) is 20.4 Å². The number of rotatable bonds is 7. The topological polar surface area (TPSA) is 89.8 Å². The maximum atomic E-state index is 12.5. The number of thiophene rings is 1. The first kappa shape index (κ1) is 24.0. The Hall–Kier alpha value is -2.14. The molecule has 1 N–H and O–H groups in total. The van der Waals surface area contributed by atoms with Gasteiger partial charge in [0.2, 0.25) is 5.91 Å². The Morgan fingerprint density at radius 3 is 2.85 bits per heavy atom. The number of halogens is 1. The van der Waals surface area contributed by atoms with Gasteiger partial charge in [-0.15, -0.1) is 23.1 Å². The number of thiazole rings is 1. The van der Waals surface area contributed by atoms with Gasteiger partial charge in [-0.05, 0) is 49.9 Å². The highest BCUT2D eigenvalue weighted by atomic mass is 35.5. The predicted octanol–water partition coefficient (Wildman–Crippen LogP) is 4.42. The molecule has 4 rings (SSSR count). The van der Waals surface area contributed by atoms with E-state index < -0.39 is 5.97 Å². The Morgan fingerprint density at radius 1 is 1.24 bits per heavy atom. The van der Waals surface area contributed by atoms with Gasteiger partial charge in [-0.2, -0.15) is 4.99 Å². The van der Waals surface area contributed by atoms with Crippen LogP contribution in [0.4, 0.5) is 5.00 Å². The smallest absolute Gasteiger partial charge is 0.341 e. The number of carbonyl (C=O) groups excluding carboxylic acids is 3. The van der Waals surface area contributed by atoms with Crippen LogP contribution in [-0.4, -0.2) is 40.5 Å². The monoisotopic (exact) mass is 523 g/mol. The molecule has 1 aromatic carbocycles. The molecular formula is C22H22ClN3O4S3. The molecule has 11 heteroatoms. The van der Waals surface area contributed by atoms with E-state index in [9.17, 15) is 14.4 Å². The first-order chi connectivity index (χ1) is 15.9. The zero-order chi connectivity index (χ0) is 23.5. The zero-order valence-corrected chi connectivity index (χ0v) is 21.3. The van der Waals surface area contributed by atoms with E-state index >= 15 is 0 Å². The molecule has 0 saturated heterocycles. The van der Waals surface area contributed by atoms with Crippen LogP contribution >= 0.6 is 46.0 Å². The molecule has 0 radical (unpaired) electrons. The van der Waals surface area contributed by atoms with Crippen molar-refractivity contribution in [1.82, 2.24) is 4.57 Å². The average Bonchev–Trinajstić information content (AvgIpc) is 3.41. The van der Waals surface area contributed by atoms with Crippen LogP contribution in [-0.2, 0) is 34.2 Å². The van der Waals surface area contributed by atoms with Crippen molar-refractivity contribution in [2.24, 2.45) is 12.0 Å². The second kappa shape index (κ2) is 10.4. The third-order valence-electron chi connectivity index (χ3n) is 5.10. The molecule has 0 atom stereocenters. The predicted molar refractivity (Wildman–Crippen MR) is 135 cm³/mol. The number of thioether (sulfide) groups is 1. The Bertz CT molecular complexity index is 1310. The van der Waals surface area contributed by atoms with Crippen molar-refractivity contribution in [1.29, 1.82) is 0 Å². The number of anilines is 1. The average molecular weight is 524 g/mol. The van der Waals surface area contributed by atoms with Gasteiger partial charge in [0.25, 0.3) is 5.91 Å². The van der Waals surface area contributed by atoms with Crippen molar-refractivity contribution in [2.75, 3.05) is 23.4 Å². The second-order valence-electron chi connectivity index (χ2n) is 7.38. The van der Waals surface area contributed by atoms with Crippen molar-refractivity contribution in [3.8, 4) is 0 Å². The van der Waals surface area contributed by atoms with Gasteiger partial charge < -0.3 is 14.6 Å². The summed E-state index contributed by atoms with van der Waals surface area (Å²) in [6, 6.07) is 5.53. The summed E-state index contributed by atoms with van der Waals surface area (Å²) in [5, 5.41) is 4.00. The lowest BCUT2D eigenvalue weighted by atomic mass is 10.1. The van der Waals surface area contributed by atoms with Gasteiger partial charge >= 0.3 is 5.97 Å². The minimum absolute atomic E-state index is 0.0775. The molecule has 0 fully saturated rings. The van der Waals surface area contributed by atoms with Crippen molar-refractivity contribution >= 4 is 79.0 Å². The maximum absolute atomic E-state index is 12.5. The molecular weight excluding hydrogens is 502 g/mol. The number of benzene rings is 1. The lowest BCUT2D eigenvalue weighted by molar-refractivity contribution is -0.115. The first-order valence-electron chi connectivity index (χ1n) is 10.4. The molecule has 7 nitrogen and oxygen atoms in total. The minimum Gasteiger partial charge on any atom is -0.462 e. The SMILES string of the molecule is CCOC(=O)c1c(NC(=O)CSCC(=O)N=c2sc3cc(Cl)ccc3n2C)sc2c1CCC2. The number of nitrogens with zero attached hydrogens (tertiary/aromatic N) is 2. The number of aryl methyl sites for hydroxylation is 2. The van der Waals surface area contributed by atoms with Gasteiger partial charge in [-0.1, -0.05) is 22.9 Å². The fourth-order valence-corrected chi connectivity index (χ4v) is 6.86. The number of aromatic nitrogens is 1. The van der Waals surface area contributed by atoms with Crippen LogP contribution in [0.2, 0.25) is 5.02 Å². The number of ether oxygens (including phenoxy) is 1. The van der Waals surface area contributed by atoms with Crippen molar-refractivity contribution in [2.45, 2.75) is 26.2 Å². The van der Waals surface area contributed by atoms with Crippen LogP contribution in [0.15, 0.2) is 23.2 Å². The van der Waals surface area contributed by atoms with E-state index in [4.69, 9.17) is 16.3 Å². The summed E-state index contributed by atoms with van der Waals surface area (Å²) in [7, 11) is 1.85. The molecule has 1 aliphatic carbocycles. The molecule has 2 amide bonds. The quantitative estimate of drug-likeness (QED) is 0.463. The van der Waals surface area contributed by atoms with Gasteiger partial charge in [-0.3, -0.25) is 9.59 Å². The number of hydrogen-bond donors (Lipinski definition) is 1. The van der Waals surface area contributed by atoms with Gasteiger partial charge in [0.15, 0.2) is 4.80 Å². The summed E-state index contributed by atoms with van der Waals surface area (Å²) in [6.07, 6.45) is 2.74. The molecule has 2 aromatic heterocycles. The Morgan fingerprint density at radius 2 is 2.06 bits per heavy atom. The number of fused-ring (bicyclic) bond motifs is 2. The normalized spacial score (nSPS) is 13.4. The van der Waals surface area contributed by atoms with Crippen LogP contribution < -0.4 is 10.1 Å². The van der Waals surface area contributed by atoms with Gasteiger partial charge in [0.1, 0.15) is 5.00 Å². The van der Waals surface area contributed by atoms with Crippen LogP contribution in [0.3, 0.4) is 0 Å². The Kier molecular flexibility index (Phi) is 7.58. The molecule has 3 aromatic rings. The highest BCUT2D eigenvalue weighted by Crippen LogP contribution is 2.39. The number of carbonyl (C=O) groups is 3. The molecule has 1 aliphatic rings. The second-order valence-corrected chi connectivity index (χ2v) is 10.9. The van der Waals surface area contributed by atoms with E-state index in [-0.39, 0.29) is 29.9 Å². The van der Waals surface area contributed by atoms with E-state index in [1.165, 1.54) is 34.4 Å². The number of amides is 2.